The maximum atomic E-state index is 12.1. The first-order valence-corrected chi connectivity index (χ1v) is 7.07. The van der Waals surface area contributed by atoms with Crippen molar-refractivity contribution in [2.75, 3.05) is 10.6 Å². The van der Waals surface area contributed by atoms with E-state index in [0.717, 1.165) is 15.8 Å². The van der Waals surface area contributed by atoms with E-state index in [4.69, 9.17) is 5.41 Å². The number of anilines is 2. The first kappa shape index (κ1) is 15.0. The molecule has 0 spiro atoms. The van der Waals surface area contributed by atoms with Crippen molar-refractivity contribution in [2.24, 2.45) is 0 Å². The van der Waals surface area contributed by atoms with E-state index in [1.807, 2.05) is 36.4 Å². The molecule has 0 unspecified atom stereocenters. The van der Waals surface area contributed by atoms with Crippen LogP contribution in [0.5, 0.6) is 0 Å². The zero-order chi connectivity index (χ0) is 15.1. The quantitative estimate of drug-likeness (QED) is 0.709. The van der Waals surface area contributed by atoms with Crippen LogP contribution in [-0.2, 0) is 0 Å². The van der Waals surface area contributed by atoms with Crippen molar-refractivity contribution in [3.63, 3.8) is 0 Å². The minimum absolute atomic E-state index is 0.152. The summed E-state index contributed by atoms with van der Waals surface area (Å²) in [5.74, 6) is -0.152. The van der Waals surface area contributed by atoms with E-state index in [-0.39, 0.29) is 5.91 Å². The molecule has 3 N–H and O–H groups in total. The lowest BCUT2D eigenvalue weighted by Gasteiger charge is -2.07. The molecule has 0 radical (unpaired) electrons. The standard InChI is InChI=1S/C16H14BrN3O/c17-13-4-1-3-12(11-13)16(21)20-15-7-5-14(6-8-15)19-10-2-9-18/h1-11,18-19H,(H,20,21)/b10-2-,18-9?. The van der Waals surface area contributed by atoms with Gasteiger partial charge in [-0.25, -0.2) is 0 Å². The molecular weight excluding hydrogens is 330 g/mol. The summed E-state index contributed by atoms with van der Waals surface area (Å²) in [4.78, 5) is 12.1. The molecule has 2 aromatic carbocycles. The third-order valence-corrected chi connectivity index (χ3v) is 3.17. The van der Waals surface area contributed by atoms with Gasteiger partial charge in [0, 0.05) is 33.8 Å². The van der Waals surface area contributed by atoms with Gasteiger partial charge in [0.25, 0.3) is 5.91 Å². The largest absolute Gasteiger partial charge is 0.362 e. The Hall–Kier alpha value is -2.40. The molecule has 4 nitrogen and oxygen atoms in total. The molecule has 0 bridgehead atoms. The van der Waals surface area contributed by atoms with Crippen LogP contribution in [0.15, 0.2) is 65.3 Å². The number of allylic oxidation sites excluding steroid dienone is 1. The van der Waals surface area contributed by atoms with E-state index in [2.05, 4.69) is 26.6 Å². The van der Waals surface area contributed by atoms with Gasteiger partial charge in [-0.15, -0.1) is 0 Å². The molecule has 106 valence electrons. The summed E-state index contributed by atoms with van der Waals surface area (Å²) in [7, 11) is 0. The summed E-state index contributed by atoms with van der Waals surface area (Å²) in [6.07, 6.45) is 4.45. The molecule has 0 fully saturated rings. The predicted molar refractivity (Wildman–Crippen MR) is 90.1 cm³/mol. The summed E-state index contributed by atoms with van der Waals surface area (Å²) in [6, 6.07) is 14.6. The molecule has 1 amide bonds. The van der Waals surface area contributed by atoms with Crippen LogP contribution in [0.25, 0.3) is 0 Å². The summed E-state index contributed by atoms with van der Waals surface area (Å²) in [5.41, 5.74) is 2.20. The maximum Gasteiger partial charge on any atom is 0.255 e. The van der Waals surface area contributed by atoms with Gasteiger partial charge >= 0.3 is 0 Å². The summed E-state index contributed by atoms with van der Waals surface area (Å²) >= 11 is 3.34. The molecule has 0 aliphatic carbocycles. The third-order valence-electron chi connectivity index (χ3n) is 2.67. The molecule has 21 heavy (non-hydrogen) atoms. The van der Waals surface area contributed by atoms with Crippen molar-refractivity contribution in [1.82, 2.24) is 0 Å². The fourth-order valence-corrected chi connectivity index (χ4v) is 2.07. The first-order valence-electron chi connectivity index (χ1n) is 6.28. The lowest BCUT2D eigenvalue weighted by Crippen LogP contribution is -2.11. The molecule has 0 saturated carbocycles. The first-order chi connectivity index (χ1) is 10.2. The van der Waals surface area contributed by atoms with Crippen LogP contribution in [0.4, 0.5) is 11.4 Å². The number of halogens is 1. The summed E-state index contributed by atoms with van der Waals surface area (Å²) < 4.78 is 0.868. The van der Waals surface area contributed by atoms with Gasteiger partial charge in [-0.1, -0.05) is 22.0 Å². The molecule has 0 aliphatic rings. The molecular formula is C16H14BrN3O. The topological polar surface area (TPSA) is 65.0 Å². The van der Waals surface area contributed by atoms with Gasteiger partial charge in [0.2, 0.25) is 0 Å². The summed E-state index contributed by atoms with van der Waals surface area (Å²) in [6.45, 7) is 0. The van der Waals surface area contributed by atoms with Gasteiger partial charge < -0.3 is 16.0 Å². The van der Waals surface area contributed by atoms with E-state index >= 15 is 0 Å². The van der Waals surface area contributed by atoms with E-state index in [0.29, 0.717) is 5.56 Å². The van der Waals surface area contributed by atoms with E-state index in [9.17, 15) is 4.79 Å². The average Bonchev–Trinajstić information content (AvgIpc) is 2.49. The Bertz CT molecular complexity index is 665. The number of amides is 1. The second-order valence-electron chi connectivity index (χ2n) is 4.21. The normalized spacial score (nSPS) is 10.3. The predicted octanol–water partition coefficient (Wildman–Crippen LogP) is 4.28. The zero-order valence-corrected chi connectivity index (χ0v) is 12.7. The van der Waals surface area contributed by atoms with Crippen molar-refractivity contribution in [1.29, 1.82) is 5.41 Å². The smallest absolute Gasteiger partial charge is 0.255 e. The van der Waals surface area contributed by atoms with Crippen molar-refractivity contribution >= 4 is 39.4 Å². The van der Waals surface area contributed by atoms with Gasteiger partial charge in [-0.05, 0) is 48.5 Å². The third kappa shape index (κ3) is 4.57. The molecule has 0 heterocycles. The average molecular weight is 344 g/mol. The number of rotatable bonds is 5. The minimum Gasteiger partial charge on any atom is -0.362 e. The molecule has 0 aromatic heterocycles. The van der Waals surface area contributed by atoms with Crippen LogP contribution in [0.3, 0.4) is 0 Å². The van der Waals surface area contributed by atoms with Crippen molar-refractivity contribution in [3.05, 3.63) is 70.8 Å². The van der Waals surface area contributed by atoms with Gasteiger partial charge in [-0.3, -0.25) is 4.79 Å². The number of nitrogens with one attached hydrogen (secondary N) is 3. The van der Waals surface area contributed by atoms with Crippen LogP contribution in [0.1, 0.15) is 10.4 Å². The van der Waals surface area contributed by atoms with Gasteiger partial charge in [0.15, 0.2) is 0 Å². The lowest BCUT2D eigenvalue weighted by molar-refractivity contribution is 0.102. The number of carbonyl (C=O) groups excluding carboxylic acids is 1. The van der Waals surface area contributed by atoms with Gasteiger partial charge in [0.05, 0.1) is 0 Å². The Morgan fingerprint density at radius 3 is 2.48 bits per heavy atom. The number of carbonyl (C=O) groups is 1. The fraction of sp³-hybridized carbons (Fsp3) is 0. The Labute approximate surface area is 131 Å². The Morgan fingerprint density at radius 2 is 1.81 bits per heavy atom. The summed E-state index contributed by atoms with van der Waals surface area (Å²) in [5, 5.41) is 12.7. The van der Waals surface area contributed by atoms with Gasteiger partial charge in [0.1, 0.15) is 0 Å². The van der Waals surface area contributed by atoms with Crippen LogP contribution >= 0.6 is 15.9 Å². The van der Waals surface area contributed by atoms with E-state index in [1.165, 1.54) is 6.21 Å². The van der Waals surface area contributed by atoms with Crippen LogP contribution < -0.4 is 10.6 Å². The highest BCUT2D eigenvalue weighted by Gasteiger charge is 2.06. The second-order valence-corrected chi connectivity index (χ2v) is 5.13. The molecule has 2 aromatic rings. The maximum absolute atomic E-state index is 12.1. The SMILES string of the molecule is N=C/C=C\Nc1ccc(NC(=O)c2cccc(Br)c2)cc1. The van der Waals surface area contributed by atoms with Crippen LogP contribution in [0, 0.1) is 5.41 Å². The Morgan fingerprint density at radius 1 is 1.10 bits per heavy atom. The molecule has 0 saturated heterocycles. The highest BCUT2D eigenvalue weighted by Crippen LogP contribution is 2.16. The molecule has 0 aliphatic heterocycles. The number of hydrogen-bond acceptors (Lipinski definition) is 3. The van der Waals surface area contributed by atoms with Crippen LogP contribution in [0.2, 0.25) is 0 Å². The van der Waals surface area contributed by atoms with E-state index < -0.39 is 0 Å². The highest BCUT2D eigenvalue weighted by molar-refractivity contribution is 9.10. The monoisotopic (exact) mass is 343 g/mol. The lowest BCUT2D eigenvalue weighted by atomic mass is 10.2. The van der Waals surface area contributed by atoms with E-state index in [1.54, 1.807) is 24.4 Å². The van der Waals surface area contributed by atoms with Crippen molar-refractivity contribution in [2.45, 2.75) is 0 Å². The Balaban J connectivity index is 2.01. The molecule has 2 rings (SSSR count). The molecule has 5 heteroatoms. The number of benzene rings is 2. The molecule has 0 atom stereocenters. The van der Waals surface area contributed by atoms with Crippen molar-refractivity contribution in [3.8, 4) is 0 Å². The minimum atomic E-state index is -0.152. The highest BCUT2D eigenvalue weighted by atomic mass is 79.9. The fourth-order valence-electron chi connectivity index (χ4n) is 1.68. The Kier molecular flexibility index (Phi) is 5.29. The van der Waals surface area contributed by atoms with Crippen LogP contribution in [-0.4, -0.2) is 12.1 Å². The second kappa shape index (κ2) is 7.40. The number of hydrogen-bond donors (Lipinski definition) is 3. The van der Waals surface area contributed by atoms with Crippen molar-refractivity contribution < 1.29 is 4.79 Å². The van der Waals surface area contributed by atoms with Gasteiger partial charge in [-0.2, -0.15) is 0 Å². The zero-order valence-electron chi connectivity index (χ0n) is 11.1.